The van der Waals surface area contributed by atoms with Gasteiger partial charge in [0.1, 0.15) is 0 Å². The van der Waals surface area contributed by atoms with E-state index >= 15 is 0 Å². The first kappa shape index (κ1) is 18.4. The molecule has 0 aliphatic carbocycles. The van der Waals surface area contributed by atoms with Crippen molar-refractivity contribution >= 4 is 21.6 Å². The molecule has 8 heteroatoms. The minimum Gasteiger partial charge on any atom is -0.326 e. The highest BCUT2D eigenvalue weighted by atomic mass is 32.2. The molecule has 1 aliphatic rings. The van der Waals surface area contributed by atoms with Crippen molar-refractivity contribution in [1.29, 1.82) is 5.26 Å². The molecule has 1 heterocycles. The van der Waals surface area contributed by atoms with E-state index in [0.717, 1.165) is 25.9 Å². The smallest absolute Gasteiger partial charge is 0.225 e. The molecule has 2 rings (SSSR count). The van der Waals surface area contributed by atoms with E-state index in [0.29, 0.717) is 24.2 Å². The molecule has 0 radical (unpaired) electrons. The van der Waals surface area contributed by atoms with E-state index in [1.807, 2.05) is 6.07 Å². The lowest BCUT2D eigenvalue weighted by atomic mass is 10.1. The van der Waals surface area contributed by atoms with Gasteiger partial charge in [-0.1, -0.05) is 0 Å². The molecule has 0 aromatic heterocycles. The number of carbonyl (C=O) groups is 1. The van der Waals surface area contributed by atoms with Gasteiger partial charge in [0.05, 0.1) is 17.9 Å². The average molecular weight is 350 g/mol. The monoisotopic (exact) mass is 350 g/mol. The summed E-state index contributed by atoms with van der Waals surface area (Å²) in [6.07, 6.45) is 3.06. The lowest BCUT2D eigenvalue weighted by Crippen LogP contribution is -2.44. The molecule has 1 amide bonds. The Morgan fingerprint density at radius 1 is 1.29 bits per heavy atom. The van der Waals surface area contributed by atoms with Crippen LogP contribution in [0.25, 0.3) is 0 Å². The summed E-state index contributed by atoms with van der Waals surface area (Å²) < 4.78 is 25.1. The van der Waals surface area contributed by atoms with Gasteiger partial charge in [-0.05, 0) is 50.2 Å². The summed E-state index contributed by atoms with van der Waals surface area (Å²) in [5, 5.41) is 11.5. The zero-order valence-corrected chi connectivity index (χ0v) is 14.5. The quantitative estimate of drug-likeness (QED) is 0.793. The fraction of sp³-hybridized carbons (Fsp3) is 0.500. The van der Waals surface area contributed by atoms with Crippen molar-refractivity contribution in [3.63, 3.8) is 0 Å². The molecular formula is C16H22N4O3S. The maximum atomic E-state index is 12.0. The number of anilines is 1. The lowest BCUT2D eigenvalue weighted by molar-refractivity contribution is -0.116. The molecule has 1 aromatic rings. The molecular weight excluding hydrogens is 328 g/mol. The van der Waals surface area contributed by atoms with Crippen LogP contribution in [-0.4, -0.2) is 51.2 Å². The van der Waals surface area contributed by atoms with Gasteiger partial charge in [-0.3, -0.25) is 4.79 Å². The van der Waals surface area contributed by atoms with E-state index < -0.39 is 10.0 Å². The normalized spacial score (nSPS) is 16.5. The average Bonchev–Trinajstić information content (AvgIpc) is 2.53. The lowest BCUT2D eigenvalue weighted by Gasteiger charge is -2.31. The molecule has 1 aliphatic heterocycles. The van der Waals surface area contributed by atoms with Gasteiger partial charge in [0.2, 0.25) is 15.9 Å². The molecule has 1 aromatic carbocycles. The summed E-state index contributed by atoms with van der Waals surface area (Å²) >= 11 is 0. The molecule has 1 saturated heterocycles. The van der Waals surface area contributed by atoms with Gasteiger partial charge < -0.3 is 10.2 Å². The molecule has 7 nitrogen and oxygen atoms in total. The van der Waals surface area contributed by atoms with Crippen LogP contribution in [0.4, 0.5) is 5.69 Å². The van der Waals surface area contributed by atoms with E-state index in [9.17, 15) is 13.2 Å². The van der Waals surface area contributed by atoms with Gasteiger partial charge in [-0.15, -0.1) is 0 Å². The summed E-state index contributed by atoms with van der Waals surface area (Å²) in [6, 6.07) is 8.76. The van der Waals surface area contributed by atoms with E-state index in [1.165, 1.54) is 6.26 Å². The van der Waals surface area contributed by atoms with Crippen LogP contribution in [-0.2, 0) is 14.8 Å². The van der Waals surface area contributed by atoms with E-state index in [-0.39, 0.29) is 11.9 Å². The van der Waals surface area contributed by atoms with Gasteiger partial charge in [0.15, 0.2) is 0 Å². The Morgan fingerprint density at radius 3 is 2.46 bits per heavy atom. The first-order chi connectivity index (χ1) is 11.4. The second-order valence-electron chi connectivity index (χ2n) is 5.99. The van der Waals surface area contributed by atoms with Crippen LogP contribution in [0.1, 0.15) is 24.8 Å². The summed E-state index contributed by atoms with van der Waals surface area (Å²) in [5.41, 5.74) is 1.23. The minimum atomic E-state index is -3.16. The number of carbonyl (C=O) groups excluding carboxylic acids is 1. The van der Waals surface area contributed by atoms with Crippen molar-refractivity contribution in [3.05, 3.63) is 29.8 Å². The highest BCUT2D eigenvalue weighted by Gasteiger charge is 2.21. The Bertz CT molecular complexity index is 702. The molecule has 2 N–H and O–H groups in total. The fourth-order valence-electron chi connectivity index (χ4n) is 2.69. The molecule has 0 unspecified atom stereocenters. The van der Waals surface area contributed by atoms with Crippen molar-refractivity contribution in [2.24, 2.45) is 0 Å². The number of likely N-dealkylation sites (tertiary alicyclic amines) is 1. The number of nitriles is 1. The Kier molecular flexibility index (Phi) is 6.31. The number of piperidine rings is 1. The van der Waals surface area contributed by atoms with Crippen molar-refractivity contribution in [2.75, 3.05) is 31.2 Å². The second kappa shape index (κ2) is 8.24. The Morgan fingerprint density at radius 2 is 1.92 bits per heavy atom. The zero-order valence-electron chi connectivity index (χ0n) is 13.7. The fourth-order valence-corrected chi connectivity index (χ4v) is 3.53. The molecule has 0 spiro atoms. The molecule has 0 saturated carbocycles. The van der Waals surface area contributed by atoms with Gasteiger partial charge in [0, 0.05) is 24.7 Å². The maximum absolute atomic E-state index is 12.0. The van der Waals surface area contributed by atoms with Crippen molar-refractivity contribution < 1.29 is 13.2 Å². The number of nitrogens with one attached hydrogen (secondary N) is 2. The topological polar surface area (TPSA) is 102 Å². The van der Waals surface area contributed by atoms with Crippen molar-refractivity contribution in [2.45, 2.75) is 25.3 Å². The molecule has 1 fully saturated rings. The first-order valence-corrected chi connectivity index (χ1v) is 9.74. The maximum Gasteiger partial charge on any atom is 0.225 e. The standard InChI is InChI=1S/C16H22N4O3S/c1-24(22,23)19-15-6-9-20(10-7-15)11-8-16(21)18-14-4-2-13(12-17)3-5-14/h2-5,15,19H,6-11H2,1H3,(H,18,21). The van der Waals surface area contributed by atoms with Crippen LogP contribution in [0.3, 0.4) is 0 Å². The Balaban J connectivity index is 1.70. The van der Waals surface area contributed by atoms with E-state index in [1.54, 1.807) is 24.3 Å². The third-order valence-electron chi connectivity index (χ3n) is 3.92. The summed E-state index contributed by atoms with van der Waals surface area (Å²) in [4.78, 5) is 14.1. The largest absolute Gasteiger partial charge is 0.326 e. The van der Waals surface area contributed by atoms with Crippen LogP contribution in [0.2, 0.25) is 0 Å². The summed E-state index contributed by atoms with van der Waals surface area (Å²) in [6.45, 7) is 2.20. The van der Waals surface area contributed by atoms with Crippen LogP contribution < -0.4 is 10.0 Å². The highest BCUT2D eigenvalue weighted by molar-refractivity contribution is 7.88. The molecule has 24 heavy (non-hydrogen) atoms. The molecule has 0 bridgehead atoms. The molecule has 0 atom stereocenters. The first-order valence-electron chi connectivity index (χ1n) is 7.85. The number of hydrogen-bond acceptors (Lipinski definition) is 5. The Labute approximate surface area is 142 Å². The van der Waals surface area contributed by atoms with Gasteiger partial charge in [0.25, 0.3) is 0 Å². The number of nitrogens with zero attached hydrogens (tertiary/aromatic N) is 2. The zero-order chi connectivity index (χ0) is 17.6. The van der Waals surface area contributed by atoms with Crippen molar-refractivity contribution in [3.8, 4) is 6.07 Å². The predicted octanol–water partition coefficient (Wildman–Crippen LogP) is 0.900. The summed E-state index contributed by atoms with van der Waals surface area (Å²) in [5.74, 6) is -0.0731. The number of amides is 1. The number of benzene rings is 1. The molecule has 130 valence electrons. The Hall–Kier alpha value is -1.95. The van der Waals surface area contributed by atoms with Crippen molar-refractivity contribution in [1.82, 2.24) is 9.62 Å². The third-order valence-corrected chi connectivity index (χ3v) is 4.68. The van der Waals surface area contributed by atoms with E-state index in [4.69, 9.17) is 5.26 Å². The third kappa shape index (κ3) is 6.28. The van der Waals surface area contributed by atoms with Crippen LogP contribution in [0, 0.1) is 11.3 Å². The van der Waals surface area contributed by atoms with Crippen LogP contribution in [0.15, 0.2) is 24.3 Å². The number of hydrogen-bond donors (Lipinski definition) is 2. The SMILES string of the molecule is CS(=O)(=O)NC1CCN(CCC(=O)Nc2ccc(C#N)cc2)CC1. The van der Waals surface area contributed by atoms with Crippen LogP contribution >= 0.6 is 0 Å². The second-order valence-corrected chi connectivity index (χ2v) is 7.77. The van der Waals surface area contributed by atoms with Gasteiger partial charge in [-0.25, -0.2) is 13.1 Å². The number of sulfonamides is 1. The highest BCUT2D eigenvalue weighted by Crippen LogP contribution is 2.12. The summed E-state index contributed by atoms with van der Waals surface area (Å²) in [7, 11) is -3.16. The minimum absolute atomic E-state index is 0.0104. The number of rotatable bonds is 6. The van der Waals surface area contributed by atoms with E-state index in [2.05, 4.69) is 14.9 Å². The predicted molar refractivity (Wildman–Crippen MR) is 91.8 cm³/mol. The van der Waals surface area contributed by atoms with Crippen LogP contribution in [0.5, 0.6) is 0 Å². The van der Waals surface area contributed by atoms with Gasteiger partial charge in [-0.2, -0.15) is 5.26 Å². The van der Waals surface area contributed by atoms with Gasteiger partial charge >= 0.3 is 0 Å².